The number of hydrogen-bond acceptors (Lipinski definition) is 3. The van der Waals surface area contributed by atoms with E-state index < -0.39 is 0 Å². The Morgan fingerprint density at radius 3 is 3.00 bits per heavy atom. The summed E-state index contributed by atoms with van der Waals surface area (Å²) in [5.74, 6) is -0.0311. The Kier molecular flexibility index (Phi) is 3.13. The summed E-state index contributed by atoms with van der Waals surface area (Å²) in [4.78, 5) is 17.8. The van der Waals surface area contributed by atoms with Crippen LogP contribution in [0.3, 0.4) is 0 Å². The minimum absolute atomic E-state index is 0.121. The van der Waals surface area contributed by atoms with Gasteiger partial charge < -0.3 is 9.32 Å². The molecule has 0 N–H and O–H groups in total. The number of hydrogen-bond donors (Lipinski definition) is 0. The van der Waals surface area contributed by atoms with Crippen molar-refractivity contribution in [1.29, 1.82) is 0 Å². The van der Waals surface area contributed by atoms with E-state index in [4.69, 9.17) is 4.42 Å². The number of amides is 1. The quantitative estimate of drug-likeness (QED) is 0.816. The Labute approximate surface area is 100 Å². The van der Waals surface area contributed by atoms with Crippen molar-refractivity contribution >= 4 is 17.0 Å². The van der Waals surface area contributed by atoms with Crippen molar-refractivity contribution in [2.75, 3.05) is 13.6 Å². The predicted molar refractivity (Wildman–Crippen MR) is 65.7 cm³/mol. The van der Waals surface area contributed by atoms with Crippen molar-refractivity contribution in [1.82, 2.24) is 9.88 Å². The Bertz CT molecular complexity index is 533. The third-order valence-corrected chi connectivity index (χ3v) is 3.08. The fourth-order valence-electron chi connectivity index (χ4n) is 1.77. The number of carbonyl (C=O) groups is 1. The van der Waals surface area contributed by atoms with Gasteiger partial charge in [0.15, 0.2) is 12.0 Å². The van der Waals surface area contributed by atoms with E-state index in [0.717, 1.165) is 23.2 Å². The zero-order valence-corrected chi connectivity index (χ0v) is 10.3. The van der Waals surface area contributed by atoms with E-state index in [9.17, 15) is 4.79 Å². The highest BCUT2D eigenvalue weighted by atomic mass is 16.3. The van der Waals surface area contributed by atoms with E-state index in [0.29, 0.717) is 0 Å². The van der Waals surface area contributed by atoms with Crippen molar-refractivity contribution in [2.45, 2.75) is 19.8 Å². The molecular formula is C13H16N2O2. The summed E-state index contributed by atoms with van der Waals surface area (Å²) in [6, 6.07) is 5.68. The summed E-state index contributed by atoms with van der Waals surface area (Å²) in [6.07, 6.45) is 1.42. The Balaban J connectivity index is 2.29. The number of rotatable bonds is 3. The topological polar surface area (TPSA) is 46.3 Å². The van der Waals surface area contributed by atoms with Gasteiger partial charge in [-0.15, -0.1) is 0 Å². The van der Waals surface area contributed by atoms with Gasteiger partial charge in [0.25, 0.3) is 0 Å². The highest BCUT2D eigenvalue weighted by Crippen LogP contribution is 2.22. The van der Waals surface area contributed by atoms with Gasteiger partial charge in [0, 0.05) is 13.6 Å². The van der Waals surface area contributed by atoms with E-state index in [1.54, 1.807) is 4.90 Å². The van der Waals surface area contributed by atoms with Crippen molar-refractivity contribution in [3.8, 4) is 0 Å². The van der Waals surface area contributed by atoms with E-state index in [1.165, 1.54) is 6.39 Å². The van der Waals surface area contributed by atoms with E-state index in [1.807, 2.05) is 39.1 Å². The second-order valence-electron chi connectivity index (χ2n) is 4.15. The largest absolute Gasteiger partial charge is 0.443 e. The molecule has 0 saturated heterocycles. The van der Waals surface area contributed by atoms with Crippen molar-refractivity contribution in [3.05, 3.63) is 30.2 Å². The Hall–Kier alpha value is -1.84. The molecular weight excluding hydrogens is 216 g/mol. The lowest BCUT2D eigenvalue weighted by molar-refractivity contribution is -0.130. The lowest BCUT2D eigenvalue weighted by atomic mass is 9.99. The molecule has 90 valence electrons. The number of benzene rings is 1. The zero-order chi connectivity index (χ0) is 12.4. The molecule has 1 unspecified atom stereocenters. The maximum Gasteiger partial charge on any atom is 0.229 e. The van der Waals surface area contributed by atoms with Crippen LogP contribution in [-0.2, 0) is 4.79 Å². The highest BCUT2D eigenvalue weighted by molar-refractivity contribution is 5.84. The molecule has 1 atom stereocenters. The van der Waals surface area contributed by atoms with Gasteiger partial charge in [-0.2, -0.15) is 0 Å². The van der Waals surface area contributed by atoms with Gasteiger partial charge >= 0.3 is 0 Å². The maximum absolute atomic E-state index is 12.0. The van der Waals surface area contributed by atoms with Crippen LogP contribution in [0, 0.1) is 0 Å². The van der Waals surface area contributed by atoms with Crippen LogP contribution in [-0.4, -0.2) is 29.4 Å². The van der Waals surface area contributed by atoms with Crippen LogP contribution in [0.4, 0.5) is 0 Å². The minimum atomic E-state index is -0.152. The number of likely N-dealkylation sites (N-methyl/N-ethyl adjacent to an activating group) is 1. The monoisotopic (exact) mass is 232 g/mol. The van der Waals surface area contributed by atoms with Crippen LogP contribution in [0.5, 0.6) is 0 Å². The average molecular weight is 232 g/mol. The van der Waals surface area contributed by atoms with Crippen molar-refractivity contribution in [3.63, 3.8) is 0 Å². The standard InChI is InChI=1S/C13H16N2O2/c1-4-15(3)13(16)9(2)10-5-6-12-11(7-10)14-8-17-12/h5-9H,4H2,1-3H3. The summed E-state index contributed by atoms with van der Waals surface area (Å²) in [5, 5.41) is 0. The molecule has 1 heterocycles. The summed E-state index contributed by atoms with van der Waals surface area (Å²) < 4.78 is 5.18. The third-order valence-electron chi connectivity index (χ3n) is 3.08. The molecule has 2 rings (SSSR count). The SMILES string of the molecule is CCN(C)C(=O)C(C)c1ccc2ocnc2c1. The summed E-state index contributed by atoms with van der Waals surface area (Å²) in [5.41, 5.74) is 2.51. The molecule has 0 spiro atoms. The first kappa shape index (κ1) is 11.6. The number of oxazole rings is 1. The molecule has 0 aliphatic heterocycles. The van der Waals surface area contributed by atoms with Crippen LogP contribution >= 0.6 is 0 Å². The van der Waals surface area contributed by atoms with Crippen LogP contribution in [0.25, 0.3) is 11.1 Å². The van der Waals surface area contributed by atoms with Gasteiger partial charge in [0.05, 0.1) is 5.92 Å². The normalized spacial score (nSPS) is 12.6. The third kappa shape index (κ3) is 2.16. The van der Waals surface area contributed by atoms with Gasteiger partial charge in [-0.05, 0) is 31.5 Å². The van der Waals surface area contributed by atoms with Crippen molar-refractivity contribution < 1.29 is 9.21 Å². The zero-order valence-electron chi connectivity index (χ0n) is 10.3. The molecule has 1 amide bonds. The molecule has 0 aliphatic carbocycles. The molecule has 0 bridgehead atoms. The molecule has 4 nitrogen and oxygen atoms in total. The molecule has 0 fully saturated rings. The summed E-state index contributed by atoms with van der Waals surface area (Å²) >= 11 is 0. The summed E-state index contributed by atoms with van der Waals surface area (Å²) in [7, 11) is 1.81. The fraction of sp³-hybridized carbons (Fsp3) is 0.385. The minimum Gasteiger partial charge on any atom is -0.443 e. The number of fused-ring (bicyclic) bond motifs is 1. The first-order valence-corrected chi connectivity index (χ1v) is 5.71. The first-order valence-electron chi connectivity index (χ1n) is 5.71. The van der Waals surface area contributed by atoms with Crippen LogP contribution < -0.4 is 0 Å². The predicted octanol–water partition coefficient (Wildman–Crippen LogP) is 2.41. The van der Waals surface area contributed by atoms with Crippen LogP contribution in [0.1, 0.15) is 25.3 Å². The van der Waals surface area contributed by atoms with Gasteiger partial charge in [-0.25, -0.2) is 4.98 Å². The molecule has 0 saturated carbocycles. The lowest BCUT2D eigenvalue weighted by Gasteiger charge is -2.19. The second kappa shape index (κ2) is 4.57. The fourth-order valence-corrected chi connectivity index (χ4v) is 1.77. The van der Waals surface area contributed by atoms with Crippen LogP contribution in [0.15, 0.2) is 29.0 Å². The number of nitrogens with zero attached hydrogens (tertiary/aromatic N) is 2. The number of carbonyl (C=O) groups excluding carboxylic acids is 1. The smallest absolute Gasteiger partial charge is 0.229 e. The Morgan fingerprint density at radius 2 is 2.29 bits per heavy atom. The van der Waals surface area contributed by atoms with E-state index in [-0.39, 0.29) is 11.8 Å². The maximum atomic E-state index is 12.0. The molecule has 1 aromatic heterocycles. The molecule has 1 aromatic carbocycles. The summed E-state index contributed by atoms with van der Waals surface area (Å²) in [6.45, 7) is 4.59. The van der Waals surface area contributed by atoms with Crippen molar-refractivity contribution in [2.24, 2.45) is 0 Å². The van der Waals surface area contributed by atoms with Gasteiger partial charge in [-0.3, -0.25) is 4.79 Å². The van der Waals surface area contributed by atoms with E-state index in [2.05, 4.69) is 4.98 Å². The molecule has 4 heteroatoms. The lowest BCUT2D eigenvalue weighted by Crippen LogP contribution is -2.30. The van der Waals surface area contributed by atoms with E-state index >= 15 is 0 Å². The Morgan fingerprint density at radius 1 is 1.53 bits per heavy atom. The van der Waals surface area contributed by atoms with Gasteiger partial charge in [0.2, 0.25) is 5.91 Å². The molecule has 0 radical (unpaired) electrons. The van der Waals surface area contributed by atoms with Gasteiger partial charge in [-0.1, -0.05) is 6.07 Å². The molecule has 17 heavy (non-hydrogen) atoms. The van der Waals surface area contributed by atoms with Crippen LogP contribution in [0.2, 0.25) is 0 Å². The highest BCUT2D eigenvalue weighted by Gasteiger charge is 2.18. The average Bonchev–Trinajstić information content (AvgIpc) is 2.83. The first-order chi connectivity index (χ1) is 8.13. The molecule has 2 aromatic rings. The number of aromatic nitrogens is 1. The second-order valence-corrected chi connectivity index (χ2v) is 4.15. The van der Waals surface area contributed by atoms with Gasteiger partial charge in [0.1, 0.15) is 5.52 Å². The molecule has 0 aliphatic rings.